The Hall–Kier alpha value is -3.21. The lowest BCUT2D eigenvalue weighted by Gasteiger charge is -2.32. The van der Waals surface area contributed by atoms with E-state index >= 15 is 0 Å². The maximum atomic E-state index is 13.2. The van der Waals surface area contributed by atoms with Crippen LogP contribution >= 0.6 is 0 Å². The van der Waals surface area contributed by atoms with E-state index in [0.29, 0.717) is 13.1 Å². The molecule has 5 heteroatoms. The van der Waals surface area contributed by atoms with Gasteiger partial charge in [0.15, 0.2) is 5.82 Å². The van der Waals surface area contributed by atoms with Gasteiger partial charge in [-0.3, -0.25) is 4.79 Å². The van der Waals surface area contributed by atoms with Crippen molar-refractivity contribution in [2.45, 2.75) is 32.7 Å². The van der Waals surface area contributed by atoms with Gasteiger partial charge >= 0.3 is 0 Å². The molecule has 0 saturated carbocycles. The van der Waals surface area contributed by atoms with Crippen molar-refractivity contribution in [3.8, 4) is 11.4 Å². The number of benzene rings is 2. The molecule has 0 bridgehead atoms. The highest BCUT2D eigenvalue weighted by molar-refractivity contribution is 5.95. The van der Waals surface area contributed by atoms with Crippen molar-refractivity contribution in [3.63, 3.8) is 0 Å². The minimum atomic E-state index is 0.0956. The molecule has 0 N–H and O–H groups in total. The summed E-state index contributed by atoms with van der Waals surface area (Å²) < 4.78 is 0. The van der Waals surface area contributed by atoms with Crippen LogP contribution in [-0.2, 0) is 13.0 Å². The maximum absolute atomic E-state index is 13.2. The summed E-state index contributed by atoms with van der Waals surface area (Å²) in [6.45, 7) is 5.29. The molecule has 1 amide bonds. The average molecular weight is 399 g/mol. The molecule has 2 aliphatic heterocycles. The Morgan fingerprint density at radius 3 is 2.40 bits per heavy atom. The summed E-state index contributed by atoms with van der Waals surface area (Å²) in [5, 5.41) is 0. The lowest BCUT2D eigenvalue weighted by atomic mass is 10.0. The molecule has 1 aromatic heterocycles. The van der Waals surface area contributed by atoms with E-state index in [2.05, 4.69) is 17.0 Å². The second kappa shape index (κ2) is 7.90. The predicted molar refractivity (Wildman–Crippen MR) is 119 cm³/mol. The van der Waals surface area contributed by atoms with Crippen LogP contribution in [0.2, 0.25) is 0 Å². The van der Waals surface area contributed by atoms with Crippen molar-refractivity contribution in [2.24, 2.45) is 0 Å². The number of aromatic nitrogens is 2. The fraction of sp³-hybridized carbons (Fsp3) is 0.320. The monoisotopic (exact) mass is 398 g/mol. The van der Waals surface area contributed by atoms with Gasteiger partial charge in [-0.1, -0.05) is 48.5 Å². The van der Waals surface area contributed by atoms with Crippen LogP contribution in [0.1, 0.15) is 40.0 Å². The van der Waals surface area contributed by atoms with Gasteiger partial charge in [-0.05, 0) is 31.4 Å². The maximum Gasteiger partial charge on any atom is 0.254 e. The number of rotatable bonds is 3. The first-order valence-electron chi connectivity index (χ1n) is 10.8. The second-order valence-electron chi connectivity index (χ2n) is 8.15. The zero-order chi connectivity index (χ0) is 20.5. The van der Waals surface area contributed by atoms with Gasteiger partial charge in [-0.2, -0.15) is 0 Å². The summed E-state index contributed by atoms with van der Waals surface area (Å²) in [6.07, 6.45) is 3.13. The molecule has 152 valence electrons. The van der Waals surface area contributed by atoms with Crippen molar-refractivity contribution >= 4 is 11.7 Å². The number of carbonyl (C=O) groups excluding carboxylic acids is 1. The SMILES string of the molecule is Cc1ccccc1C(=O)N1CCc2nc(-c3ccccc3)nc(N3CCCC3)c2C1. The molecule has 1 saturated heterocycles. The molecular weight excluding hydrogens is 372 g/mol. The van der Waals surface area contributed by atoms with Gasteiger partial charge in [-0.25, -0.2) is 9.97 Å². The number of fused-ring (bicyclic) bond motifs is 1. The number of carbonyl (C=O) groups is 1. The van der Waals surface area contributed by atoms with Gasteiger partial charge < -0.3 is 9.80 Å². The Morgan fingerprint density at radius 2 is 1.63 bits per heavy atom. The quantitative estimate of drug-likeness (QED) is 0.662. The molecule has 3 aromatic rings. The molecule has 0 spiro atoms. The van der Waals surface area contributed by atoms with Gasteiger partial charge in [0.1, 0.15) is 5.82 Å². The standard InChI is InChI=1S/C25H26N4O/c1-18-9-5-6-12-20(18)25(30)29-16-13-22-21(17-29)24(28-14-7-8-15-28)27-23(26-22)19-10-3-2-4-11-19/h2-6,9-12H,7-8,13-17H2,1H3. The largest absolute Gasteiger partial charge is 0.356 e. The third-order valence-corrected chi connectivity index (χ3v) is 6.14. The first-order valence-corrected chi connectivity index (χ1v) is 10.8. The molecule has 30 heavy (non-hydrogen) atoms. The Labute approximate surface area is 177 Å². The summed E-state index contributed by atoms with van der Waals surface area (Å²) in [5.74, 6) is 1.90. The molecule has 0 unspecified atom stereocenters. The molecule has 5 rings (SSSR count). The molecule has 1 fully saturated rings. The Morgan fingerprint density at radius 1 is 0.900 bits per heavy atom. The van der Waals surface area contributed by atoms with E-state index in [1.165, 1.54) is 12.8 Å². The normalized spacial score (nSPS) is 15.9. The molecule has 0 atom stereocenters. The van der Waals surface area contributed by atoms with Crippen molar-refractivity contribution in [1.29, 1.82) is 0 Å². The molecule has 0 aliphatic carbocycles. The molecular formula is C25H26N4O. The van der Waals surface area contributed by atoms with Crippen LogP contribution in [0.25, 0.3) is 11.4 Å². The van der Waals surface area contributed by atoms with Gasteiger partial charge in [0.2, 0.25) is 0 Å². The van der Waals surface area contributed by atoms with Gasteiger partial charge in [0.05, 0.1) is 12.2 Å². The molecule has 3 heterocycles. The Balaban J connectivity index is 1.53. The third-order valence-electron chi connectivity index (χ3n) is 6.14. The zero-order valence-electron chi connectivity index (χ0n) is 17.3. The Bertz CT molecular complexity index is 1070. The van der Waals surface area contributed by atoms with E-state index in [-0.39, 0.29) is 5.91 Å². The number of anilines is 1. The first-order chi connectivity index (χ1) is 14.7. The second-order valence-corrected chi connectivity index (χ2v) is 8.15. The molecule has 5 nitrogen and oxygen atoms in total. The molecule has 0 radical (unpaired) electrons. The van der Waals surface area contributed by atoms with Gasteiger partial charge in [-0.15, -0.1) is 0 Å². The van der Waals surface area contributed by atoms with Crippen molar-refractivity contribution < 1.29 is 4.79 Å². The summed E-state index contributed by atoms with van der Waals surface area (Å²) in [5.41, 5.74) is 5.04. The number of aryl methyl sites for hydroxylation is 1. The van der Waals surface area contributed by atoms with Crippen LogP contribution in [-0.4, -0.2) is 40.4 Å². The zero-order valence-corrected chi connectivity index (χ0v) is 17.3. The van der Waals surface area contributed by atoms with Crippen LogP contribution in [0.3, 0.4) is 0 Å². The fourth-order valence-corrected chi connectivity index (χ4v) is 4.46. The summed E-state index contributed by atoms with van der Waals surface area (Å²) in [7, 11) is 0. The lowest BCUT2D eigenvalue weighted by molar-refractivity contribution is 0.0733. The highest BCUT2D eigenvalue weighted by atomic mass is 16.2. The van der Waals surface area contributed by atoms with Crippen LogP contribution in [0.5, 0.6) is 0 Å². The van der Waals surface area contributed by atoms with Crippen LogP contribution in [0.15, 0.2) is 54.6 Å². The van der Waals surface area contributed by atoms with Crippen molar-refractivity contribution in [2.75, 3.05) is 24.5 Å². The summed E-state index contributed by atoms with van der Waals surface area (Å²) in [4.78, 5) is 27.5. The number of hydrogen-bond donors (Lipinski definition) is 0. The minimum Gasteiger partial charge on any atom is -0.356 e. The van der Waals surface area contributed by atoms with E-state index in [1.807, 2.05) is 54.3 Å². The van der Waals surface area contributed by atoms with E-state index in [9.17, 15) is 4.79 Å². The number of hydrogen-bond acceptors (Lipinski definition) is 4. The van der Waals surface area contributed by atoms with E-state index < -0.39 is 0 Å². The topological polar surface area (TPSA) is 49.3 Å². The summed E-state index contributed by atoms with van der Waals surface area (Å²) in [6, 6.07) is 18.0. The predicted octanol–water partition coefficient (Wildman–Crippen LogP) is 4.25. The van der Waals surface area contributed by atoms with E-state index in [1.54, 1.807) is 0 Å². The number of amides is 1. The number of nitrogens with zero attached hydrogens (tertiary/aromatic N) is 4. The highest BCUT2D eigenvalue weighted by Gasteiger charge is 2.29. The molecule has 2 aromatic carbocycles. The Kier molecular flexibility index (Phi) is 4.95. The fourth-order valence-electron chi connectivity index (χ4n) is 4.46. The van der Waals surface area contributed by atoms with E-state index in [0.717, 1.165) is 59.1 Å². The smallest absolute Gasteiger partial charge is 0.254 e. The highest BCUT2D eigenvalue weighted by Crippen LogP contribution is 2.32. The first kappa shape index (κ1) is 18.8. The molecule has 2 aliphatic rings. The summed E-state index contributed by atoms with van der Waals surface area (Å²) >= 11 is 0. The van der Waals surface area contributed by atoms with Crippen LogP contribution < -0.4 is 4.90 Å². The van der Waals surface area contributed by atoms with Crippen LogP contribution in [0, 0.1) is 6.92 Å². The lowest BCUT2D eigenvalue weighted by Crippen LogP contribution is -2.38. The van der Waals surface area contributed by atoms with Crippen LogP contribution in [0.4, 0.5) is 5.82 Å². The van der Waals surface area contributed by atoms with Gasteiger partial charge in [0, 0.05) is 42.7 Å². The average Bonchev–Trinajstić information content (AvgIpc) is 3.33. The van der Waals surface area contributed by atoms with Crippen molar-refractivity contribution in [3.05, 3.63) is 77.0 Å². The third kappa shape index (κ3) is 3.45. The minimum absolute atomic E-state index is 0.0956. The van der Waals surface area contributed by atoms with Gasteiger partial charge in [0.25, 0.3) is 5.91 Å². The van der Waals surface area contributed by atoms with Crippen molar-refractivity contribution in [1.82, 2.24) is 14.9 Å². The van der Waals surface area contributed by atoms with E-state index in [4.69, 9.17) is 9.97 Å².